The van der Waals surface area contributed by atoms with Crippen molar-refractivity contribution in [3.8, 4) is 5.75 Å². The highest BCUT2D eigenvalue weighted by Crippen LogP contribution is 2.14. The molecule has 1 aromatic carbocycles. The second kappa shape index (κ2) is 5.65. The van der Waals surface area contributed by atoms with Gasteiger partial charge >= 0.3 is 6.09 Å². The maximum Gasteiger partial charge on any atom is 0.409 e. The molecular formula is C12H16N2O3. The summed E-state index contributed by atoms with van der Waals surface area (Å²) in [4.78, 5) is 12.9. The van der Waals surface area contributed by atoms with E-state index in [1.54, 1.807) is 12.1 Å². The summed E-state index contributed by atoms with van der Waals surface area (Å²) >= 11 is 0. The minimum atomic E-state index is -0.786. The Balaban J connectivity index is 1.90. The second-order valence-electron chi connectivity index (χ2n) is 3.95. The van der Waals surface area contributed by atoms with E-state index in [-0.39, 0.29) is 0 Å². The number of morpholine rings is 1. The van der Waals surface area contributed by atoms with Crippen LogP contribution >= 0.6 is 0 Å². The lowest BCUT2D eigenvalue weighted by molar-refractivity contribution is 0.0342. The zero-order chi connectivity index (χ0) is 12.1. The van der Waals surface area contributed by atoms with Gasteiger partial charge in [-0.1, -0.05) is 12.1 Å². The van der Waals surface area contributed by atoms with Gasteiger partial charge in [-0.2, -0.15) is 0 Å². The lowest BCUT2D eigenvalue weighted by Crippen LogP contribution is -2.35. The fraction of sp³-hybridized carbons (Fsp3) is 0.417. The number of benzene rings is 1. The highest BCUT2D eigenvalue weighted by molar-refractivity contribution is 5.67. The van der Waals surface area contributed by atoms with Crippen LogP contribution in [0.25, 0.3) is 0 Å². The van der Waals surface area contributed by atoms with E-state index >= 15 is 0 Å². The molecule has 1 aliphatic heterocycles. The number of hydrogen-bond acceptors (Lipinski definition) is 4. The maximum atomic E-state index is 10.5. The molecule has 5 nitrogen and oxygen atoms in total. The molecule has 0 aliphatic carbocycles. The van der Waals surface area contributed by atoms with Crippen LogP contribution in [0.4, 0.5) is 4.79 Å². The molecule has 2 N–H and O–H groups in total. The summed E-state index contributed by atoms with van der Waals surface area (Å²) in [6.45, 7) is 4.39. The molecule has 0 aromatic heterocycles. The van der Waals surface area contributed by atoms with E-state index in [2.05, 4.69) is 4.90 Å². The average molecular weight is 236 g/mol. The van der Waals surface area contributed by atoms with Crippen molar-refractivity contribution in [2.24, 2.45) is 5.73 Å². The molecule has 5 heteroatoms. The molecule has 0 atom stereocenters. The van der Waals surface area contributed by atoms with Gasteiger partial charge in [0.05, 0.1) is 13.2 Å². The fourth-order valence-corrected chi connectivity index (χ4v) is 1.80. The summed E-state index contributed by atoms with van der Waals surface area (Å²) < 4.78 is 10.1. The number of carbonyl (C=O) groups excluding carboxylic acids is 1. The second-order valence-corrected chi connectivity index (χ2v) is 3.95. The minimum Gasteiger partial charge on any atom is -0.411 e. The molecule has 0 radical (unpaired) electrons. The molecule has 2 rings (SSSR count). The first-order chi connectivity index (χ1) is 8.24. The third-order valence-electron chi connectivity index (χ3n) is 2.65. The van der Waals surface area contributed by atoms with Gasteiger partial charge in [0.2, 0.25) is 0 Å². The third-order valence-corrected chi connectivity index (χ3v) is 2.65. The van der Waals surface area contributed by atoms with Crippen molar-refractivity contribution in [2.45, 2.75) is 6.54 Å². The summed E-state index contributed by atoms with van der Waals surface area (Å²) in [5.74, 6) is 0.475. The number of hydrogen-bond donors (Lipinski definition) is 1. The molecule has 0 spiro atoms. The van der Waals surface area contributed by atoms with Crippen molar-refractivity contribution in [2.75, 3.05) is 26.3 Å². The van der Waals surface area contributed by atoms with Crippen molar-refractivity contribution < 1.29 is 14.3 Å². The summed E-state index contributed by atoms with van der Waals surface area (Å²) in [6, 6.07) is 7.38. The molecule has 0 saturated carbocycles. The smallest absolute Gasteiger partial charge is 0.409 e. The molecule has 1 aliphatic rings. The molecule has 17 heavy (non-hydrogen) atoms. The Hall–Kier alpha value is -1.59. The van der Waals surface area contributed by atoms with Gasteiger partial charge in [0.25, 0.3) is 0 Å². The highest BCUT2D eigenvalue weighted by Gasteiger charge is 2.10. The van der Waals surface area contributed by atoms with Crippen LogP contribution in [0, 0.1) is 0 Å². The van der Waals surface area contributed by atoms with Crippen LogP contribution in [0.5, 0.6) is 5.75 Å². The van der Waals surface area contributed by atoms with Crippen molar-refractivity contribution in [3.63, 3.8) is 0 Å². The first-order valence-electron chi connectivity index (χ1n) is 5.60. The molecule has 92 valence electrons. The predicted octanol–water partition coefficient (Wildman–Crippen LogP) is 0.976. The van der Waals surface area contributed by atoms with Crippen LogP contribution in [0.2, 0.25) is 0 Å². The van der Waals surface area contributed by atoms with Crippen LogP contribution < -0.4 is 10.5 Å². The Morgan fingerprint density at radius 3 is 2.53 bits per heavy atom. The van der Waals surface area contributed by atoms with Crippen LogP contribution in [0.1, 0.15) is 5.56 Å². The van der Waals surface area contributed by atoms with Gasteiger partial charge in [-0.25, -0.2) is 4.79 Å². The molecule has 1 heterocycles. The van der Waals surface area contributed by atoms with Crippen molar-refractivity contribution >= 4 is 6.09 Å². The fourth-order valence-electron chi connectivity index (χ4n) is 1.80. The Kier molecular flexibility index (Phi) is 3.95. The largest absolute Gasteiger partial charge is 0.411 e. The number of carbonyl (C=O) groups is 1. The predicted molar refractivity (Wildman–Crippen MR) is 62.7 cm³/mol. The maximum absolute atomic E-state index is 10.5. The topological polar surface area (TPSA) is 64.8 Å². The Labute approximate surface area is 100 Å². The van der Waals surface area contributed by atoms with E-state index in [1.807, 2.05) is 12.1 Å². The monoisotopic (exact) mass is 236 g/mol. The number of nitrogens with two attached hydrogens (primary N) is 1. The molecule has 1 saturated heterocycles. The van der Waals surface area contributed by atoms with Crippen molar-refractivity contribution in [1.82, 2.24) is 4.90 Å². The molecular weight excluding hydrogens is 220 g/mol. The van der Waals surface area contributed by atoms with Crippen LogP contribution in [-0.4, -0.2) is 37.3 Å². The Morgan fingerprint density at radius 1 is 1.29 bits per heavy atom. The van der Waals surface area contributed by atoms with Gasteiger partial charge in [0.1, 0.15) is 5.75 Å². The van der Waals surface area contributed by atoms with Crippen molar-refractivity contribution in [3.05, 3.63) is 29.8 Å². The van der Waals surface area contributed by atoms with Crippen LogP contribution in [0.15, 0.2) is 24.3 Å². The third kappa shape index (κ3) is 3.72. The lowest BCUT2D eigenvalue weighted by Gasteiger charge is -2.26. The summed E-state index contributed by atoms with van der Waals surface area (Å²) in [6.07, 6.45) is -0.786. The van der Waals surface area contributed by atoms with Crippen LogP contribution in [0.3, 0.4) is 0 Å². The zero-order valence-electron chi connectivity index (χ0n) is 9.59. The van der Waals surface area contributed by atoms with Crippen molar-refractivity contribution in [1.29, 1.82) is 0 Å². The molecule has 1 aromatic rings. The van der Waals surface area contributed by atoms with Gasteiger partial charge in [-0.05, 0) is 17.7 Å². The molecule has 0 bridgehead atoms. The van der Waals surface area contributed by atoms with Gasteiger partial charge in [0, 0.05) is 19.6 Å². The summed E-state index contributed by atoms with van der Waals surface area (Å²) in [5.41, 5.74) is 6.11. The molecule has 1 fully saturated rings. The van der Waals surface area contributed by atoms with Gasteiger partial charge in [-0.15, -0.1) is 0 Å². The SMILES string of the molecule is NC(=O)Oc1ccc(CN2CCOCC2)cc1. The van der Waals surface area contributed by atoms with E-state index in [4.69, 9.17) is 15.2 Å². The standard InChI is InChI=1S/C12H16N2O3/c13-12(15)17-11-3-1-10(2-4-11)9-14-5-7-16-8-6-14/h1-4H,5-9H2,(H2,13,15). The van der Waals surface area contributed by atoms with E-state index in [9.17, 15) is 4.79 Å². The highest BCUT2D eigenvalue weighted by atomic mass is 16.5. The molecule has 1 amide bonds. The minimum absolute atomic E-state index is 0.475. The number of ether oxygens (including phenoxy) is 2. The number of primary amides is 1. The first kappa shape index (κ1) is 11.9. The van der Waals surface area contributed by atoms with E-state index in [0.717, 1.165) is 32.8 Å². The van der Waals surface area contributed by atoms with Crippen LogP contribution in [-0.2, 0) is 11.3 Å². The molecule has 0 unspecified atom stereocenters. The zero-order valence-corrected chi connectivity index (χ0v) is 9.59. The van der Waals surface area contributed by atoms with E-state index in [0.29, 0.717) is 5.75 Å². The van der Waals surface area contributed by atoms with E-state index in [1.165, 1.54) is 5.56 Å². The first-order valence-corrected chi connectivity index (χ1v) is 5.60. The summed E-state index contributed by atoms with van der Waals surface area (Å²) in [5, 5.41) is 0. The number of nitrogens with zero attached hydrogens (tertiary/aromatic N) is 1. The average Bonchev–Trinajstić information content (AvgIpc) is 2.32. The van der Waals surface area contributed by atoms with Gasteiger partial charge in [0.15, 0.2) is 0 Å². The Bertz CT molecular complexity index is 372. The lowest BCUT2D eigenvalue weighted by atomic mass is 10.2. The quantitative estimate of drug-likeness (QED) is 0.849. The normalized spacial score (nSPS) is 16.7. The van der Waals surface area contributed by atoms with Gasteiger partial charge in [-0.3, -0.25) is 4.90 Å². The van der Waals surface area contributed by atoms with E-state index < -0.39 is 6.09 Å². The summed E-state index contributed by atoms with van der Waals surface area (Å²) in [7, 11) is 0. The Morgan fingerprint density at radius 2 is 1.94 bits per heavy atom. The van der Waals surface area contributed by atoms with Gasteiger partial charge < -0.3 is 15.2 Å². The number of rotatable bonds is 3. The number of amides is 1.